The second kappa shape index (κ2) is 14.5. The zero-order valence-electron chi connectivity index (χ0n) is 29.8. The molecule has 3 saturated heterocycles. The van der Waals surface area contributed by atoms with Crippen molar-refractivity contribution in [2.75, 3.05) is 72.2 Å². The first kappa shape index (κ1) is 35.0. The number of pyridine rings is 1. The van der Waals surface area contributed by atoms with E-state index in [0.717, 1.165) is 94.3 Å². The van der Waals surface area contributed by atoms with Crippen molar-refractivity contribution in [1.29, 1.82) is 0 Å². The van der Waals surface area contributed by atoms with Gasteiger partial charge in [-0.3, -0.25) is 19.5 Å². The predicted octanol–water partition coefficient (Wildman–Crippen LogP) is 4.90. The minimum absolute atomic E-state index is 0.00692. The molecular formula is C38H55FN6O3. The van der Waals surface area contributed by atoms with Gasteiger partial charge in [0.2, 0.25) is 0 Å². The molecular weight excluding hydrogens is 607 g/mol. The standard InChI is InChI=1S/C38H55FN6O3/c1-7-44(27(4)5)37(47)34-18-31(39)10-11-32(34)33-17-29(22-45-28(6)40-19-36(33)45)30-20-42(21-30)35(26(2)3)9-8-12-43-14-13-41(15-16-46)23-38(43)24-48-25-38/h10-11,17-19,22,26-27,30,35,46H,7-9,12-16,20-21,23-25H2,1-6H3/t35-/m1/s1. The molecule has 0 unspecified atom stereocenters. The SMILES string of the molecule is CCN(C(=O)c1cc(F)ccc1-c1cc(C2CN([C@H](CCCN3CCN(CCO)CC34COC4)C(C)C)C2)cn2c(C)ncc12)C(C)C. The first-order chi connectivity index (χ1) is 23.0. The number of halogens is 1. The second-order valence-corrected chi connectivity index (χ2v) is 14.9. The third-order valence-electron chi connectivity index (χ3n) is 11.2. The molecule has 10 heteroatoms. The lowest BCUT2D eigenvalue weighted by atomic mass is 9.85. The van der Waals surface area contributed by atoms with Gasteiger partial charge in [0.25, 0.3) is 5.91 Å². The summed E-state index contributed by atoms with van der Waals surface area (Å²) in [7, 11) is 0. The highest BCUT2D eigenvalue weighted by atomic mass is 19.1. The van der Waals surface area contributed by atoms with Gasteiger partial charge in [0.05, 0.1) is 42.6 Å². The van der Waals surface area contributed by atoms with Gasteiger partial charge < -0.3 is 19.1 Å². The van der Waals surface area contributed by atoms with Crippen LogP contribution in [0, 0.1) is 18.7 Å². The van der Waals surface area contributed by atoms with Gasteiger partial charge in [-0.05, 0) is 82.3 Å². The van der Waals surface area contributed by atoms with Crippen LogP contribution in [0.25, 0.3) is 16.6 Å². The summed E-state index contributed by atoms with van der Waals surface area (Å²) in [4.78, 5) is 27.9. The highest BCUT2D eigenvalue weighted by Crippen LogP contribution is 2.38. The third kappa shape index (κ3) is 6.79. The molecule has 1 aromatic carbocycles. The van der Waals surface area contributed by atoms with Crippen molar-refractivity contribution < 1.29 is 19.0 Å². The monoisotopic (exact) mass is 662 g/mol. The number of piperazine rings is 1. The number of hydrogen-bond donors (Lipinski definition) is 1. The van der Waals surface area contributed by atoms with E-state index < -0.39 is 5.82 Å². The molecule has 262 valence electrons. The van der Waals surface area contributed by atoms with E-state index in [0.29, 0.717) is 30.0 Å². The lowest BCUT2D eigenvalue weighted by Gasteiger charge is -2.55. The van der Waals surface area contributed by atoms with E-state index >= 15 is 0 Å². The summed E-state index contributed by atoms with van der Waals surface area (Å²) in [5.74, 6) is 1.25. The smallest absolute Gasteiger partial charge is 0.254 e. The van der Waals surface area contributed by atoms with Crippen molar-refractivity contribution in [2.45, 2.75) is 77.9 Å². The Balaban J connectivity index is 1.18. The number of carbonyl (C=O) groups excluding carboxylic acids is 1. The molecule has 0 radical (unpaired) electrons. The first-order valence-electron chi connectivity index (χ1n) is 18.0. The van der Waals surface area contributed by atoms with E-state index in [1.54, 1.807) is 11.0 Å². The highest BCUT2D eigenvalue weighted by molar-refractivity contribution is 6.03. The van der Waals surface area contributed by atoms with Crippen LogP contribution in [0.1, 0.15) is 75.1 Å². The number of amides is 1. The van der Waals surface area contributed by atoms with E-state index in [9.17, 15) is 14.3 Å². The van der Waals surface area contributed by atoms with Crippen LogP contribution in [0.15, 0.2) is 36.7 Å². The zero-order valence-corrected chi connectivity index (χ0v) is 29.8. The molecule has 2 aromatic heterocycles. The molecule has 0 saturated carbocycles. The maximum Gasteiger partial charge on any atom is 0.254 e. The number of aliphatic hydroxyl groups excluding tert-OH is 1. The number of likely N-dealkylation sites (tertiary alicyclic amines) is 1. The number of ether oxygens (including phenoxy) is 1. The Morgan fingerprint density at radius 1 is 1.12 bits per heavy atom. The van der Waals surface area contributed by atoms with Crippen LogP contribution in [0.4, 0.5) is 4.39 Å². The van der Waals surface area contributed by atoms with Crippen LogP contribution in [-0.2, 0) is 4.74 Å². The Morgan fingerprint density at radius 3 is 2.54 bits per heavy atom. The van der Waals surface area contributed by atoms with Gasteiger partial charge in [-0.15, -0.1) is 0 Å². The number of aryl methyl sites for hydroxylation is 1. The molecule has 3 aromatic rings. The van der Waals surface area contributed by atoms with Crippen molar-refractivity contribution in [2.24, 2.45) is 5.92 Å². The van der Waals surface area contributed by atoms with Crippen molar-refractivity contribution in [1.82, 2.24) is 29.0 Å². The number of nitrogens with zero attached hydrogens (tertiary/aromatic N) is 6. The van der Waals surface area contributed by atoms with E-state index in [4.69, 9.17) is 4.74 Å². The fourth-order valence-corrected chi connectivity index (χ4v) is 8.32. The number of fused-ring (bicyclic) bond motifs is 1. The molecule has 3 fully saturated rings. The molecule has 1 atom stereocenters. The molecule has 0 bridgehead atoms. The van der Waals surface area contributed by atoms with Crippen LogP contribution in [-0.4, -0.2) is 130 Å². The number of imidazole rings is 1. The Hall–Kier alpha value is -2.89. The van der Waals surface area contributed by atoms with Gasteiger partial charge in [0.15, 0.2) is 0 Å². The summed E-state index contributed by atoms with van der Waals surface area (Å²) >= 11 is 0. The molecule has 5 heterocycles. The van der Waals surface area contributed by atoms with Gasteiger partial charge in [0.1, 0.15) is 11.6 Å². The van der Waals surface area contributed by atoms with E-state index in [1.165, 1.54) is 17.7 Å². The van der Waals surface area contributed by atoms with Gasteiger partial charge in [0, 0.05) is 75.6 Å². The molecule has 3 aliphatic rings. The fourth-order valence-electron chi connectivity index (χ4n) is 8.32. The van der Waals surface area contributed by atoms with Crippen molar-refractivity contribution >= 4 is 11.4 Å². The molecule has 1 N–H and O–H groups in total. The van der Waals surface area contributed by atoms with Crippen LogP contribution < -0.4 is 0 Å². The largest absolute Gasteiger partial charge is 0.395 e. The maximum absolute atomic E-state index is 14.6. The average Bonchev–Trinajstić information content (AvgIpc) is 3.39. The lowest BCUT2D eigenvalue weighted by Crippen LogP contribution is -2.71. The summed E-state index contributed by atoms with van der Waals surface area (Å²) in [6.45, 7) is 21.8. The number of benzene rings is 1. The Labute approximate surface area is 285 Å². The summed E-state index contributed by atoms with van der Waals surface area (Å²) < 4.78 is 22.5. The fraction of sp³-hybridized carbons (Fsp3) is 0.632. The quantitative estimate of drug-likeness (QED) is 0.279. The summed E-state index contributed by atoms with van der Waals surface area (Å²) in [5, 5.41) is 9.45. The average molecular weight is 663 g/mol. The number of carbonyl (C=O) groups is 1. The zero-order chi connectivity index (χ0) is 34.2. The highest BCUT2D eigenvalue weighted by Gasteiger charge is 2.47. The van der Waals surface area contributed by atoms with Gasteiger partial charge in [-0.1, -0.05) is 19.9 Å². The Kier molecular flexibility index (Phi) is 10.6. The van der Waals surface area contributed by atoms with Crippen LogP contribution in [0.5, 0.6) is 0 Å². The number of β-amino-alcohol motifs (C(OH)–C–C–N with tert-alkyl or cyclic N) is 1. The van der Waals surface area contributed by atoms with Crippen molar-refractivity contribution in [3.05, 3.63) is 59.4 Å². The molecule has 1 spiro atoms. The van der Waals surface area contributed by atoms with Gasteiger partial charge >= 0.3 is 0 Å². The normalized spacial score (nSPS) is 19.7. The van der Waals surface area contributed by atoms with E-state index in [-0.39, 0.29) is 24.1 Å². The molecule has 3 aliphatic heterocycles. The topological polar surface area (TPSA) is 76.8 Å². The van der Waals surface area contributed by atoms with E-state index in [2.05, 4.69) is 50.2 Å². The molecule has 1 amide bonds. The summed E-state index contributed by atoms with van der Waals surface area (Å²) in [6.07, 6.45) is 6.39. The van der Waals surface area contributed by atoms with Gasteiger partial charge in [-0.25, -0.2) is 9.37 Å². The third-order valence-corrected chi connectivity index (χ3v) is 11.2. The summed E-state index contributed by atoms with van der Waals surface area (Å²) in [6, 6.07) is 7.34. The molecule has 0 aliphatic carbocycles. The number of hydrogen-bond acceptors (Lipinski definition) is 7. The minimum atomic E-state index is -0.409. The number of aliphatic hydroxyl groups is 1. The van der Waals surface area contributed by atoms with Gasteiger partial charge in [-0.2, -0.15) is 0 Å². The lowest BCUT2D eigenvalue weighted by molar-refractivity contribution is -0.170. The molecule has 48 heavy (non-hydrogen) atoms. The minimum Gasteiger partial charge on any atom is -0.395 e. The van der Waals surface area contributed by atoms with Crippen molar-refractivity contribution in [3.8, 4) is 11.1 Å². The molecule has 9 nitrogen and oxygen atoms in total. The number of rotatable bonds is 13. The molecule has 6 rings (SSSR count). The van der Waals surface area contributed by atoms with Crippen LogP contribution in [0.2, 0.25) is 0 Å². The van der Waals surface area contributed by atoms with Crippen molar-refractivity contribution in [3.63, 3.8) is 0 Å². The Morgan fingerprint density at radius 2 is 1.90 bits per heavy atom. The van der Waals surface area contributed by atoms with Crippen LogP contribution >= 0.6 is 0 Å². The Bertz CT molecular complexity index is 1580. The van der Waals surface area contributed by atoms with Crippen LogP contribution in [0.3, 0.4) is 0 Å². The maximum atomic E-state index is 14.6. The predicted molar refractivity (Wildman–Crippen MR) is 188 cm³/mol. The summed E-state index contributed by atoms with van der Waals surface area (Å²) in [5.41, 5.74) is 4.32. The number of aromatic nitrogens is 2. The second-order valence-electron chi connectivity index (χ2n) is 14.9. The first-order valence-corrected chi connectivity index (χ1v) is 18.0. The van der Waals surface area contributed by atoms with E-state index in [1.807, 2.05) is 33.9 Å².